The van der Waals surface area contributed by atoms with Gasteiger partial charge in [0.2, 0.25) is 0 Å². The van der Waals surface area contributed by atoms with Crippen LogP contribution in [0.3, 0.4) is 0 Å². The minimum absolute atomic E-state index is 0.0399. The molecule has 0 spiro atoms. The fourth-order valence-electron chi connectivity index (χ4n) is 1.92. The largest absolute Gasteiger partial charge is 0.478 e. The number of nitrogens with one attached hydrogen (secondary N) is 1. The van der Waals surface area contributed by atoms with Gasteiger partial charge in [-0.15, -0.1) is 11.8 Å². The molecule has 2 aromatic rings. The number of sulfonamides is 1. The van der Waals surface area contributed by atoms with E-state index in [9.17, 15) is 13.2 Å². The van der Waals surface area contributed by atoms with Crippen molar-refractivity contribution in [2.75, 3.05) is 11.0 Å². The van der Waals surface area contributed by atoms with Crippen molar-refractivity contribution in [2.24, 2.45) is 0 Å². The summed E-state index contributed by atoms with van der Waals surface area (Å²) in [6.07, 6.45) is 1.90. The zero-order chi connectivity index (χ0) is 16.3. The van der Waals surface area contributed by atoms with Crippen LogP contribution in [0.25, 0.3) is 0 Å². The van der Waals surface area contributed by atoms with Crippen molar-refractivity contribution in [2.45, 2.75) is 16.7 Å². The van der Waals surface area contributed by atoms with Gasteiger partial charge in [-0.3, -0.25) is 4.72 Å². The first-order chi connectivity index (χ1) is 10.3. The van der Waals surface area contributed by atoms with Gasteiger partial charge in [0.1, 0.15) is 0 Å². The van der Waals surface area contributed by atoms with Crippen molar-refractivity contribution >= 4 is 33.4 Å². The Morgan fingerprint density at radius 2 is 1.91 bits per heavy atom. The third kappa shape index (κ3) is 3.61. The molecule has 0 aliphatic heterocycles. The van der Waals surface area contributed by atoms with E-state index in [0.29, 0.717) is 11.3 Å². The van der Waals surface area contributed by atoms with Crippen LogP contribution in [0, 0.1) is 6.92 Å². The second kappa shape index (κ2) is 6.41. The van der Waals surface area contributed by atoms with Crippen LogP contribution in [0.15, 0.2) is 52.3 Å². The number of aryl methyl sites for hydroxylation is 1. The van der Waals surface area contributed by atoms with Gasteiger partial charge in [-0.25, -0.2) is 13.2 Å². The number of benzene rings is 2. The Morgan fingerprint density at radius 3 is 2.55 bits per heavy atom. The average molecular weight is 337 g/mol. The molecule has 2 rings (SSSR count). The average Bonchev–Trinajstić information content (AvgIpc) is 2.47. The van der Waals surface area contributed by atoms with E-state index in [0.717, 1.165) is 4.90 Å². The lowest BCUT2D eigenvalue weighted by Crippen LogP contribution is -2.15. The lowest BCUT2D eigenvalue weighted by molar-refractivity contribution is 0.0696. The van der Waals surface area contributed by atoms with Gasteiger partial charge in [-0.1, -0.05) is 12.1 Å². The Bertz CT molecular complexity index is 816. The third-order valence-electron chi connectivity index (χ3n) is 3.05. The minimum Gasteiger partial charge on any atom is -0.478 e. The first kappa shape index (κ1) is 16.4. The normalized spacial score (nSPS) is 11.2. The number of aromatic carboxylic acids is 1. The SMILES string of the molecule is CSc1cccc(NS(=O)(=O)c2cc(C(=O)O)ccc2C)c1. The van der Waals surface area contributed by atoms with E-state index in [2.05, 4.69) is 4.72 Å². The first-order valence-electron chi connectivity index (χ1n) is 6.34. The molecule has 116 valence electrons. The van der Waals surface area contributed by atoms with Crippen molar-refractivity contribution < 1.29 is 18.3 Å². The summed E-state index contributed by atoms with van der Waals surface area (Å²) >= 11 is 1.50. The Hall–Kier alpha value is -1.99. The molecule has 0 amide bonds. The molecule has 0 unspecified atom stereocenters. The fraction of sp³-hybridized carbons (Fsp3) is 0.133. The highest BCUT2D eigenvalue weighted by Gasteiger charge is 2.19. The predicted molar refractivity (Wildman–Crippen MR) is 87.2 cm³/mol. The van der Waals surface area contributed by atoms with Crippen LogP contribution >= 0.6 is 11.8 Å². The van der Waals surface area contributed by atoms with Crippen molar-refractivity contribution in [3.8, 4) is 0 Å². The van der Waals surface area contributed by atoms with Crippen molar-refractivity contribution in [1.29, 1.82) is 0 Å². The molecule has 0 fully saturated rings. The molecule has 0 aliphatic rings. The Labute approximate surface area is 133 Å². The zero-order valence-electron chi connectivity index (χ0n) is 12.0. The second-order valence-electron chi connectivity index (χ2n) is 4.62. The zero-order valence-corrected chi connectivity index (χ0v) is 13.7. The molecule has 22 heavy (non-hydrogen) atoms. The quantitative estimate of drug-likeness (QED) is 0.819. The second-order valence-corrected chi connectivity index (χ2v) is 7.15. The molecule has 2 aromatic carbocycles. The van der Waals surface area contributed by atoms with Crippen molar-refractivity contribution in [3.63, 3.8) is 0 Å². The number of carboxylic acid groups (broad SMARTS) is 1. The molecule has 0 radical (unpaired) electrons. The smallest absolute Gasteiger partial charge is 0.335 e. The number of rotatable bonds is 5. The molecule has 2 N–H and O–H groups in total. The van der Waals surface area contributed by atoms with Gasteiger partial charge in [0, 0.05) is 10.6 Å². The third-order valence-corrected chi connectivity index (χ3v) is 5.30. The summed E-state index contributed by atoms with van der Waals surface area (Å²) in [6.45, 7) is 1.62. The van der Waals surface area contributed by atoms with Gasteiger partial charge in [0.05, 0.1) is 10.5 Å². The van der Waals surface area contributed by atoms with Gasteiger partial charge in [-0.05, 0) is 49.1 Å². The highest BCUT2D eigenvalue weighted by atomic mass is 32.2. The summed E-state index contributed by atoms with van der Waals surface area (Å²) < 4.78 is 27.5. The molecule has 0 saturated heterocycles. The number of carboxylic acids is 1. The molecule has 5 nitrogen and oxygen atoms in total. The van der Waals surface area contributed by atoms with Crippen molar-refractivity contribution in [1.82, 2.24) is 0 Å². The molecular weight excluding hydrogens is 322 g/mol. The van der Waals surface area contributed by atoms with E-state index in [1.807, 2.05) is 12.3 Å². The van der Waals surface area contributed by atoms with Crippen LogP contribution in [-0.4, -0.2) is 25.7 Å². The van der Waals surface area contributed by atoms with Crippen LogP contribution < -0.4 is 4.72 Å². The Morgan fingerprint density at radius 1 is 1.18 bits per heavy atom. The van der Waals surface area contributed by atoms with E-state index in [4.69, 9.17) is 5.11 Å². The maximum Gasteiger partial charge on any atom is 0.335 e. The van der Waals surface area contributed by atoms with Crippen LogP contribution in [0.5, 0.6) is 0 Å². The summed E-state index contributed by atoms with van der Waals surface area (Å²) in [5.74, 6) is -1.17. The number of hydrogen-bond donors (Lipinski definition) is 2. The molecule has 0 aliphatic carbocycles. The number of hydrogen-bond acceptors (Lipinski definition) is 4. The van der Waals surface area contributed by atoms with E-state index >= 15 is 0 Å². The number of carbonyl (C=O) groups is 1. The highest BCUT2D eigenvalue weighted by Crippen LogP contribution is 2.23. The highest BCUT2D eigenvalue weighted by molar-refractivity contribution is 7.98. The minimum atomic E-state index is -3.85. The molecular formula is C15H15NO4S2. The van der Waals surface area contributed by atoms with Crippen LogP contribution in [0.4, 0.5) is 5.69 Å². The van der Waals surface area contributed by atoms with Gasteiger partial charge in [0.15, 0.2) is 0 Å². The first-order valence-corrected chi connectivity index (χ1v) is 9.05. The van der Waals surface area contributed by atoms with Crippen LogP contribution in [0.2, 0.25) is 0 Å². The predicted octanol–water partition coefficient (Wildman–Crippen LogP) is 3.22. The lowest BCUT2D eigenvalue weighted by Gasteiger charge is -2.11. The maximum absolute atomic E-state index is 12.5. The van der Waals surface area contributed by atoms with E-state index < -0.39 is 16.0 Å². The molecule has 0 heterocycles. The van der Waals surface area contributed by atoms with E-state index in [1.54, 1.807) is 25.1 Å². The molecule has 0 aromatic heterocycles. The summed E-state index contributed by atoms with van der Waals surface area (Å²) in [7, 11) is -3.85. The fourth-order valence-corrected chi connectivity index (χ4v) is 3.70. The van der Waals surface area contributed by atoms with Gasteiger partial charge < -0.3 is 5.11 Å². The molecule has 0 saturated carbocycles. The molecule has 0 atom stereocenters. The summed E-state index contributed by atoms with van der Waals surface area (Å²) in [6, 6.07) is 11.0. The van der Waals surface area contributed by atoms with E-state index in [1.165, 1.54) is 30.0 Å². The van der Waals surface area contributed by atoms with Gasteiger partial charge in [0.25, 0.3) is 10.0 Å². The summed E-state index contributed by atoms with van der Waals surface area (Å²) in [5, 5.41) is 9.01. The standard InChI is InChI=1S/C15H15NO4S2/c1-10-6-7-11(15(17)18)8-14(10)22(19,20)16-12-4-3-5-13(9-12)21-2/h3-9,16H,1-2H3,(H,17,18). The summed E-state index contributed by atoms with van der Waals surface area (Å²) in [5.41, 5.74) is 0.856. The number of thioether (sulfide) groups is 1. The van der Waals surface area contributed by atoms with E-state index in [-0.39, 0.29) is 10.5 Å². The maximum atomic E-state index is 12.5. The summed E-state index contributed by atoms with van der Waals surface area (Å²) in [4.78, 5) is 11.9. The van der Waals surface area contributed by atoms with Crippen LogP contribution in [-0.2, 0) is 10.0 Å². The van der Waals surface area contributed by atoms with Gasteiger partial charge >= 0.3 is 5.97 Å². The Balaban J connectivity index is 2.42. The van der Waals surface area contributed by atoms with Crippen LogP contribution in [0.1, 0.15) is 15.9 Å². The van der Waals surface area contributed by atoms with Crippen molar-refractivity contribution in [3.05, 3.63) is 53.6 Å². The molecule has 0 bridgehead atoms. The monoisotopic (exact) mass is 337 g/mol. The topological polar surface area (TPSA) is 83.5 Å². The lowest BCUT2D eigenvalue weighted by atomic mass is 10.1. The molecule has 7 heteroatoms. The Kier molecular flexibility index (Phi) is 4.77. The van der Waals surface area contributed by atoms with Gasteiger partial charge in [-0.2, -0.15) is 0 Å². The number of anilines is 1.